The molecule has 0 aliphatic heterocycles. The molecule has 0 bridgehead atoms. The van der Waals surface area contributed by atoms with Gasteiger partial charge in [0.15, 0.2) is 5.78 Å². The number of ketones is 1. The predicted molar refractivity (Wildman–Crippen MR) is 56.1 cm³/mol. The molecule has 0 saturated carbocycles. The lowest BCUT2D eigenvalue weighted by molar-refractivity contribution is -0.120. The van der Waals surface area contributed by atoms with Gasteiger partial charge < -0.3 is 10.6 Å². The van der Waals surface area contributed by atoms with Crippen molar-refractivity contribution in [3.05, 3.63) is 0 Å². The van der Waals surface area contributed by atoms with E-state index in [-0.39, 0.29) is 29.8 Å². The Bertz CT molecular complexity index is 217. The largest absolute Gasteiger partial charge is 0.334 e. The van der Waals surface area contributed by atoms with E-state index in [1.165, 1.54) is 0 Å². The molecule has 0 aromatic heterocycles. The van der Waals surface area contributed by atoms with Gasteiger partial charge in [-0.3, -0.25) is 4.79 Å². The highest BCUT2D eigenvalue weighted by molar-refractivity contribution is 5.86. The summed E-state index contributed by atoms with van der Waals surface area (Å²) in [6.07, 6.45) is 0. The Morgan fingerprint density at radius 3 is 2.07 bits per heavy atom. The minimum atomic E-state index is -0.300. The maximum Gasteiger partial charge on any atom is 0.315 e. The molecule has 0 fully saturated rings. The molecule has 0 rings (SSSR count). The van der Waals surface area contributed by atoms with Gasteiger partial charge in [0.1, 0.15) is 0 Å². The van der Waals surface area contributed by atoms with Gasteiger partial charge in [-0.05, 0) is 20.8 Å². The average Bonchev–Trinajstić information content (AvgIpc) is 1.96. The van der Waals surface area contributed by atoms with E-state index in [0.29, 0.717) is 0 Å². The summed E-state index contributed by atoms with van der Waals surface area (Å²) in [6.45, 7) is 9.38. The summed E-state index contributed by atoms with van der Waals surface area (Å²) < 4.78 is 0. The van der Waals surface area contributed by atoms with Crippen LogP contribution < -0.4 is 10.6 Å². The maximum atomic E-state index is 11.2. The first-order valence-electron chi connectivity index (χ1n) is 4.81. The first kappa shape index (κ1) is 12.9. The quantitative estimate of drug-likeness (QED) is 0.721. The Morgan fingerprint density at radius 1 is 1.21 bits per heavy atom. The lowest BCUT2D eigenvalue weighted by Crippen LogP contribution is -2.47. The molecule has 2 N–H and O–H groups in total. The van der Waals surface area contributed by atoms with Crippen LogP contribution in [0.3, 0.4) is 0 Å². The number of rotatable bonds is 3. The van der Waals surface area contributed by atoms with Crippen molar-refractivity contribution >= 4 is 11.8 Å². The van der Waals surface area contributed by atoms with Crippen molar-refractivity contribution < 1.29 is 9.59 Å². The highest BCUT2D eigenvalue weighted by Gasteiger charge is 2.14. The first-order chi connectivity index (χ1) is 6.22. The molecule has 0 radical (unpaired) electrons. The number of Topliss-reactive ketones (excluding diaryl/α,β-unsaturated/α-hetero) is 1. The van der Waals surface area contributed by atoms with Gasteiger partial charge in [0.25, 0.3) is 0 Å². The summed E-state index contributed by atoms with van der Waals surface area (Å²) in [5, 5.41) is 5.23. The Kier molecular flexibility index (Phi) is 4.60. The smallest absolute Gasteiger partial charge is 0.315 e. The molecule has 0 heterocycles. The molecule has 0 aliphatic carbocycles. The van der Waals surface area contributed by atoms with Gasteiger partial charge in [-0.2, -0.15) is 0 Å². The number of urea groups is 1. The summed E-state index contributed by atoms with van der Waals surface area (Å²) in [6, 6.07) is -0.300. The minimum Gasteiger partial charge on any atom is -0.334 e. The number of hydrogen-bond acceptors (Lipinski definition) is 2. The fourth-order valence-corrected chi connectivity index (χ4v) is 0.756. The van der Waals surface area contributed by atoms with Crippen LogP contribution in [0.5, 0.6) is 0 Å². The van der Waals surface area contributed by atoms with Gasteiger partial charge in [0.05, 0.1) is 6.54 Å². The number of amides is 2. The van der Waals surface area contributed by atoms with Crippen molar-refractivity contribution in [3.8, 4) is 0 Å². The molecular weight excluding hydrogens is 180 g/mol. The second-order valence-corrected chi connectivity index (χ2v) is 4.68. The average molecular weight is 200 g/mol. The van der Waals surface area contributed by atoms with E-state index in [1.54, 1.807) is 0 Å². The molecule has 0 aromatic carbocycles. The Hall–Kier alpha value is -1.06. The monoisotopic (exact) mass is 200 g/mol. The van der Waals surface area contributed by atoms with Crippen molar-refractivity contribution in [1.82, 2.24) is 10.6 Å². The fourth-order valence-electron chi connectivity index (χ4n) is 0.756. The standard InChI is InChI=1S/C10H20N2O2/c1-7(2)8(13)6-11-9(14)12-10(3,4)5/h7H,6H2,1-5H3,(H2,11,12,14). The van der Waals surface area contributed by atoms with Crippen LogP contribution in [0.15, 0.2) is 0 Å². The summed E-state index contributed by atoms with van der Waals surface area (Å²) in [5.74, 6) is -0.000930. The van der Waals surface area contributed by atoms with E-state index < -0.39 is 0 Å². The Morgan fingerprint density at radius 2 is 1.71 bits per heavy atom. The molecule has 0 aliphatic rings. The maximum absolute atomic E-state index is 11.2. The van der Waals surface area contributed by atoms with Gasteiger partial charge in [0.2, 0.25) is 0 Å². The van der Waals surface area contributed by atoms with E-state index in [2.05, 4.69) is 10.6 Å². The van der Waals surface area contributed by atoms with Crippen molar-refractivity contribution in [2.45, 2.75) is 40.2 Å². The van der Waals surface area contributed by atoms with Crippen LogP contribution in [0, 0.1) is 5.92 Å². The molecule has 2 amide bonds. The highest BCUT2D eigenvalue weighted by atomic mass is 16.2. The zero-order valence-corrected chi connectivity index (χ0v) is 9.60. The third kappa shape index (κ3) is 6.46. The molecule has 4 nitrogen and oxygen atoms in total. The predicted octanol–water partition coefficient (Wildman–Crippen LogP) is 1.31. The topological polar surface area (TPSA) is 58.2 Å². The molecular formula is C10H20N2O2. The lowest BCUT2D eigenvalue weighted by atomic mass is 10.1. The summed E-state index contributed by atoms with van der Waals surface area (Å²) >= 11 is 0. The second kappa shape index (κ2) is 4.98. The van der Waals surface area contributed by atoms with E-state index in [9.17, 15) is 9.59 Å². The number of nitrogens with one attached hydrogen (secondary N) is 2. The van der Waals surface area contributed by atoms with Gasteiger partial charge in [-0.25, -0.2) is 4.79 Å². The molecule has 4 heteroatoms. The van der Waals surface area contributed by atoms with Crippen LogP contribution in [0.1, 0.15) is 34.6 Å². The van der Waals surface area contributed by atoms with E-state index >= 15 is 0 Å². The zero-order valence-electron chi connectivity index (χ0n) is 9.60. The molecule has 0 atom stereocenters. The number of carbonyl (C=O) groups excluding carboxylic acids is 2. The van der Waals surface area contributed by atoms with Gasteiger partial charge >= 0.3 is 6.03 Å². The van der Waals surface area contributed by atoms with Crippen LogP contribution >= 0.6 is 0 Å². The summed E-state index contributed by atoms with van der Waals surface area (Å²) in [7, 11) is 0. The van der Waals surface area contributed by atoms with E-state index in [0.717, 1.165) is 0 Å². The molecule has 0 spiro atoms. The van der Waals surface area contributed by atoms with Crippen molar-refractivity contribution in [3.63, 3.8) is 0 Å². The molecule has 0 unspecified atom stereocenters. The van der Waals surface area contributed by atoms with Crippen LogP contribution in [-0.2, 0) is 4.79 Å². The summed E-state index contributed by atoms with van der Waals surface area (Å²) in [5.41, 5.74) is -0.273. The van der Waals surface area contributed by atoms with Gasteiger partial charge in [-0.1, -0.05) is 13.8 Å². The Balaban J connectivity index is 3.81. The summed E-state index contributed by atoms with van der Waals surface area (Å²) in [4.78, 5) is 22.4. The van der Waals surface area contributed by atoms with Crippen LogP contribution in [0.2, 0.25) is 0 Å². The molecule has 0 aromatic rings. The van der Waals surface area contributed by atoms with Crippen LogP contribution in [0.25, 0.3) is 0 Å². The van der Waals surface area contributed by atoms with Crippen molar-refractivity contribution in [1.29, 1.82) is 0 Å². The van der Waals surface area contributed by atoms with E-state index in [4.69, 9.17) is 0 Å². The minimum absolute atomic E-state index is 0.0362. The van der Waals surface area contributed by atoms with Gasteiger partial charge in [0, 0.05) is 11.5 Å². The first-order valence-corrected chi connectivity index (χ1v) is 4.81. The lowest BCUT2D eigenvalue weighted by Gasteiger charge is -2.20. The van der Waals surface area contributed by atoms with Crippen molar-refractivity contribution in [2.75, 3.05) is 6.54 Å². The van der Waals surface area contributed by atoms with Crippen LogP contribution in [0.4, 0.5) is 4.79 Å². The molecule has 0 saturated heterocycles. The third-order valence-electron chi connectivity index (χ3n) is 1.56. The number of hydrogen-bond donors (Lipinski definition) is 2. The Labute approximate surface area is 85.4 Å². The van der Waals surface area contributed by atoms with Gasteiger partial charge in [-0.15, -0.1) is 0 Å². The van der Waals surface area contributed by atoms with Crippen LogP contribution in [-0.4, -0.2) is 23.9 Å². The highest BCUT2D eigenvalue weighted by Crippen LogP contribution is 1.97. The normalized spacial score (nSPS) is 11.3. The molecule has 82 valence electrons. The molecule has 14 heavy (non-hydrogen) atoms. The number of carbonyl (C=O) groups is 2. The zero-order chi connectivity index (χ0) is 11.4. The second-order valence-electron chi connectivity index (χ2n) is 4.68. The SMILES string of the molecule is CC(C)C(=O)CNC(=O)NC(C)(C)C. The van der Waals surface area contributed by atoms with E-state index in [1.807, 2.05) is 34.6 Å². The van der Waals surface area contributed by atoms with Crippen molar-refractivity contribution in [2.24, 2.45) is 5.92 Å². The fraction of sp³-hybridized carbons (Fsp3) is 0.800. The third-order valence-corrected chi connectivity index (χ3v) is 1.56.